The van der Waals surface area contributed by atoms with Crippen molar-refractivity contribution in [3.05, 3.63) is 36.8 Å². The number of fused-ring (bicyclic) bond motifs is 1. The minimum atomic E-state index is -4.56. The van der Waals surface area contributed by atoms with Gasteiger partial charge in [-0.15, -0.1) is 0 Å². The van der Waals surface area contributed by atoms with Gasteiger partial charge in [0.05, 0.1) is 6.54 Å². The summed E-state index contributed by atoms with van der Waals surface area (Å²) in [4.78, 5) is 45.8. The molecular weight excluding hydrogens is 453 g/mol. The Labute approximate surface area is 194 Å². The third-order valence-electron chi connectivity index (χ3n) is 5.43. The summed E-state index contributed by atoms with van der Waals surface area (Å²) in [5, 5.41) is 2.74. The summed E-state index contributed by atoms with van der Waals surface area (Å²) >= 11 is 0. The summed E-state index contributed by atoms with van der Waals surface area (Å²) in [5.74, 6) is -0.101. The Hall–Kier alpha value is -3.90. The number of halogens is 3. The third-order valence-corrected chi connectivity index (χ3v) is 5.43. The van der Waals surface area contributed by atoms with Crippen LogP contribution in [0.3, 0.4) is 0 Å². The monoisotopic (exact) mass is 478 g/mol. The van der Waals surface area contributed by atoms with Crippen molar-refractivity contribution in [2.24, 2.45) is 0 Å². The smallest absolute Gasteiger partial charge is 0.345 e. The van der Waals surface area contributed by atoms with Gasteiger partial charge in [0.25, 0.3) is 0 Å². The molecule has 0 aliphatic carbocycles. The number of hydrogen-bond acceptors (Lipinski definition) is 6. The van der Waals surface area contributed by atoms with Gasteiger partial charge >= 0.3 is 12.2 Å². The lowest BCUT2D eigenvalue weighted by molar-refractivity contribution is -0.139. The molecule has 182 valence electrons. The summed E-state index contributed by atoms with van der Waals surface area (Å²) in [7, 11) is 3.14. The summed E-state index contributed by atoms with van der Waals surface area (Å²) in [5.41, 5.74) is 1.36. The van der Waals surface area contributed by atoms with Gasteiger partial charge in [0.15, 0.2) is 5.82 Å². The number of urea groups is 1. The summed E-state index contributed by atoms with van der Waals surface area (Å²) in [6, 6.07) is 3.84. The lowest BCUT2D eigenvalue weighted by Gasteiger charge is -2.41. The van der Waals surface area contributed by atoms with E-state index < -0.39 is 24.7 Å². The van der Waals surface area contributed by atoms with E-state index in [9.17, 15) is 22.8 Å². The van der Waals surface area contributed by atoms with Gasteiger partial charge in [-0.05, 0) is 18.2 Å². The lowest BCUT2D eigenvalue weighted by atomic mass is 10.1. The first-order valence-corrected chi connectivity index (χ1v) is 10.5. The van der Waals surface area contributed by atoms with Crippen LogP contribution in [0.5, 0.6) is 0 Å². The SMILES string of the molecule is CN(C)C(=O)N1CCN(c2ccnc(-c3c[nH]c4ncccc34)n2)[C@@H](C(=O)NCC(F)(F)F)C1.[HH]. The van der Waals surface area contributed by atoms with Crippen LogP contribution in [0.25, 0.3) is 22.4 Å². The van der Waals surface area contributed by atoms with E-state index in [-0.39, 0.29) is 27.1 Å². The highest BCUT2D eigenvalue weighted by Crippen LogP contribution is 2.27. The van der Waals surface area contributed by atoms with Gasteiger partial charge in [0.2, 0.25) is 5.91 Å². The van der Waals surface area contributed by atoms with Crippen molar-refractivity contribution < 1.29 is 24.2 Å². The first kappa shape index (κ1) is 23.3. The van der Waals surface area contributed by atoms with Crippen molar-refractivity contribution in [3.8, 4) is 11.4 Å². The Morgan fingerprint density at radius 3 is 2.76 bits per heavy atom. The number of carbonyl (C=O) groups is 2. The fourth-order valence-corrected chi connectivity index (χ4v) is 3.82. The predicted octanol–water partition coefficient (Wildman–Crippen LogP) is 2.12. The average Bonchev–Trinajstić information content (AvgIpc) is 3.25. The standard InChI is InChI=1S/C21H23F3N8O2.H2/c1-30(2)20(34)31-8-9-32(15(11-31)19(33)28-12-21(22,23)24)16-5-7-26-18(29-16)14-10-27-17-13(14)4-3-6-25-17;/h3-7,10,15H,8-9,11-12H2,1-2H3,(H,25,27)(H,28,33);1H/t15-;/m1./s1. The van der Waals surface area contributed by atoms with E-state index in [0.717, 1.165) is 5.39 Å². The highest BCUT2D eigenvalue weighted by atomic mass is 19.4. The number of pyridine rings is 1. The maximum absolute atomic E-state index is 12.8. The van der Waals surface area contributed by atoms with E-state index in [2.05, 4.69) is 19.9 Å². The molecule has 0 radical (unpaired) electrons. The quantitative estimate of drug-likeness (QED) is 0.595. The second kappa shape index (κ2) is 9.15. The number of alkyl halides is 3. The Balaban J connectivity index is 0.00000342. The van der Waals surface area contributed by atoms with Crippen molar-refractivity contribution >= 4 is 28.8 Å². The number of carbonyl (C=O) groups excluding carboxylic acids is 2. The normalized spacial score (nSPS) is 16.6. The van der Waals surface area contributed by atoms with Crippen molar-refractivity contribution in [2.45, 2.75) is 12.2 Å². The zero-order valence-electron chi connectivity index (χ0n) is 18.5. The molecule has 1 fully saturated rings. The average molecular weight is 478 g/mol. The maximum atomic E-state index is 12.8. The van der Waals surface area contributed by atoms with E-state index in [1.54, 1.807) is 43.5 Å². The van der Waals surface area contributed by atoms with Crippen molar-refractivity contribution in [2.75, 3.05) is 45.2 Å². The molecule has 0 bridgehead atoms. The highest BCUT2D eigenvalue weighted by molar-refractivity contribution is 5.92. The second-order valence-electron chi connectivity index (χ2n) is 8.01. The number of rotatable bonds is 4. The Morgan fingerprint density at radius 2 is 2.03 bits per heavy atom. The van der Waals surface area contributed by atoms with Crippen LogP contribution in [0.1, 0.15) is 1.43 Å². The molecule has 2 N–H and O–H groups in total. The molecule has 34 heavy (non-hydrogen) atoms. The van der Waals surface area contributed by atoms with Crippen LogP contribution in [0.2, 0.25) is 0 Å². The minimum Gasteiger partial charge on any atom is -0.345 e. The first-order chi connectivity index (χ1) is 16.1. The number of aromatic nitrogens is 4. The summed E-state index contributed by atoms with van der Waals surface area (Å²) < 4.78 is 38.2. The number of hydrogen-bond donors (Lipinski definition) is 2. The van der Waals surface area contributed by atoms with Gasteiger partial charge in [-0.3, -0.25) is 4.79 Å². The minimum absolute atomic E-state index is 0. The van der Waals surface area contributed by atoms with E-state index in [1.807, 2.05) is 11.4 Å². The van der Waals surface area contributed by atoms with Gasteiger partial charge in [0, 0.05) is 58.2 Å². The number of anilines is 1. The van der Waals surface area contributed by atoms with Gasteiger partial charge in [-0.2, -0.15) is 13.2 Å². The number of nitrogens with zero attached hydrogens (tertiary/aromatic N) is 6. The van der Waals surface area contributed by atoms with E-state index in [1.165, 1.54) is 16.0 Å². The molecule has 13 heteroatoms. The molecule has 0 aromatic carbocycles. The maximum Gasteiger partial charge on any atom is 0.405 e. The lowest BCUT2D eigenvalue weighted by Crippen LogP contribution is -2.62. The number of aromatic amines is 1. The van der Waals surface area contributed by atoms with E-state index in [4.69, 9.17) is 0 Å². The van der Waals surface area contributed by atoms with Crippen LogP contribution in [0.4, 0.5) is 23.8 Å². The van der Waals surface area contributed by atoms with Crippen LogP contribution in [0.15, 0.2) is 36.8 Å². The van der Waals surface area contributed by atoms with Crippen LogP contribution < -0.4 is 10.2 Å². The van der Waals surface area contributed by atoms with Gasteiger partial charge < -0.3 is 25.0 Å². The fourth-order valence-electron chi connectivity index (χ4n) is 3.82. The molecule has 3 amide bonds. The highest BCUT2D eigenvalue weighted by Gasteiger charge is 2.37. The van der Waals surface area contributed by atoms with Crippen molar-refractivity contribution in [1.82, 2.24) is 35.1 Å². The zero-order chi connectivity index (χ0) is 24.5. The molecule has 1 atom stereocenters. The van der Waals surface area contributed by atoms with Crippen molar-refractivity contribution in [3.63, 3.8) is 0 Å². The van der Waals surface area contributed by atoms with Crippen LogP contribution in [-0.4, -0.2) is 94.2 Å². The molecule has 4 heterocycles. The van der Waals surface area contributed by atoms with Crippen LogP contribution >= 0.6 is 0 Å². The zero-order valence-corrected chi connectivity index (χ0v) is 18.5. The fraction of sp³-hybridized carbons (Fsp3) is 0.381. The Morgan fingerprint density at radius 1 is 1.24 bits per heavy atom. The van der Waals surface area contributed by atoms with E-state index in [0.29, 0.717) is 22.9 Å². The predicted molar refractivity (Wildman–Crippen MR) is 120 cm³/mol. The second-order valence-corrected chi connectivity index (χ2v) is 8.01. The molecule has 1 aliphatic rings. The van der Waals surface area contributed by atoms with Crippen molar-refractivity contribution in [1.29, 1.82) is 0 Å². The summed E-state index contributed by atoms with van der Waals surface area (Å²) in [6.45, 7) is -1.07. The van der Waals surface area contributed by atoms with Crippen LogP contribution in [0, 0.1) is 0 Å². The third kappa shape index (κ3) is 4.87. The molecule has 0 unspecified atom stereocenters. The molecule has 4 rings (SSSR count). The van der Waals surface area contributed by atoms with Gasteiger partial charge in [-0.25, -0.2) is 19.7 Å². The van der Waals surface area contributed by atoms with Gasteiger partial charge in [0.1, 0.15) is 24.1 Å². The first-order valence-electron chi connectivity index (χ1n) is 10.5. The Bertz CT molecular complexity index is 1200. The Kier molecular flexibility index (Phi) is 6.26. The molecule has 1 aliphatic heterocycles. The van der Waals surface area contributed by atoms with E-state index >= 15 is 0 Å². The van der Waals surface area contributed by atoms with Crippen LogP contribution in [-0.2, 0) is 4.79 Å². The molecule has 0 spiro atoms. The number of amides is 3. The molecule has 0 saturated carbocycles. The number of piperazine rings is 1. The number of H-pyrrole nitrogens is 1. The molecule has 1 saturated heterocycles. The molecule has 10 nitrogen and oxygen atoms in total. The molecular formula is C21H25F3N8O2. The summed E-state index contributed by atoms with van der Waals surface area (Å²) in [6.07, 6.45) is 0.338. The topological polar surface area (TPSA) is 110 Å². The molecule has 3 aromatic heterocycles. The largest absolute Gasteiger partial charge is 0.405 e. The number of nitrogens with one attached hydrogen (secondary N) is 2. The molecule has 3 aromatic rings. The van der Waals surface area contributed by atoms with Gasteiger partial charge in [-0.1, -0.05) is 0 Å².